The smallest absolute Gasteiger partial charge is 0.305 e. The van der Waals surface area contributed by atoms with Crippen molar-refractivity contribution in [3.63, 3.8) is 0 Å². The number of H-pyrrole nitrogens is 1. The molecule has 1 aliphatic heterocycles. The maximum Gasteiger partial charge on any atom is 0.305 e. The van der Waals surface area contributed by atoms with Gasteiger partial charge in [0.15, 0.2) is 0 Å². The van der Waals surface area contributed by atoms with Gasteiger partial charge in [-0.05, 0) is 68.6 Å². The molecule has 2 aromatic rings. The van der Waals surface area contributed by atoms with Gasteiger partial charge >= 0.3 is 4.87 Å². The number of thiazole rings is 1. The van der Waals surface area contributed by atoms with Crippen molar-refractivity contribution in [3.8, 4) is 0 Å². The van der Waals surface area contributed by atoms with E-state index >= 15 is 0 Å². The van der Waals surface area contributed by atoms with Crippen molar-refractivity contribution in [2.75, 3.05) is 18.0 Å². The van der Waals surface area contributed by atoms with E-state index in [2.05, 4.69) is 48.0 Å². The summed E-state index contributed by atoms with van der Waals surface area (Å²) in [6.07, 6.45) is 4.17. The molecule has 1 aromatic carbocycles. The van der Waals surface area contributed by atoms with Gasteiger partial charge in [-0.1, -0.05) is 23.5 Å². The molecule has 0 spiro atoms. The zero-order valence-electron chi connectivity index (χ0n) is 15.4. The molecular weight excluding hydrogens is 360 g/mol. The minimum absolute atomic E-state index is 0.111. The summed E-state index contributed by atoms with van der Waals surface area (Å²) in [5.74, 6) is 2.80. The van der Waals surface area contributed by atoms with Gasteiger partial charge in [0.1, 0.15) is 0 Å². The van der Waals surface area contributed by atoms with E-state index in [0.717, 1.165) is 30.0 Å². The molecule has 138 valence electrons. The molecule has 1 aromatic heterocycles. The number of thioether (sulfide) groups is 1. The van der Waals surface area contributed by atoms with Crippen LogP contribution in [-0.2, 0) is 0 Å². The summed E-state index contributed by atoms with van der Waals surface area (Å²) >= 11 is 3.42. The number of fused-ring (bicyclic) bond motifs is 6. The third kappa shape index (κ3) is 2.50. The number of hydrogen-bond donors (Lipinski definition) is 1. The molecule has 1 N–H and O–H groups in total. The topological polar surface area (TPSA) is 36.1 Å². The molecule has 3 nitrogen and oxygen atoms in total. The van der Waals surface area contributed by atoms with Gasteiger partial charge in [0.25, 0.3) is 0 Å². The van der Waals surface area contributed by atoms with Crippen LogP contribution >= 0.6 is 23.1 Å². The molecular formula is C21H26N2OS2. The van der Waals surface area contributed by atoms with Crippen LogP contribution < -0.4 is 9.77 Å². The van der Waals surface area contributed by atoms with Gasteiger partial charge < -0.3 is 9.88 Å². The average molecular weight is 387 g/mol. The second-order valence-electron chi connectivity index (χ2n) is 7.94. The molecule has 2 fully saturated rings. The van der Waals surface area contributed by atoms with Crippen LogP contribution in [0.1, 0.15) is 49.5 Å². The van der Waals surface area contributed by atoms with Crippen LogP contribution in [0.4, 0.5) is 5.69 Å². The summed E-state index contributed by atoms with van der Waals surface area (Å²) in [5, 5.41) is 1.85. The molecule has 2 bridgehead atoms. The molecule has 0 unspecified atom stereocenters. The van der Waals surface area contributed by atoms with Gasteiger partial charge in [-0.25, -0.2) is 0 Å². The van der Waals surface area contributed by atoms with Gasteiger partial charge in [0.2, 0.25) is 0 Å². The number of aromatic amines is 1. The highest BCUT2D eigenvalue weighted by Gasteiger charge is 2.54. The first-order valence-corrected chi connectivity index (χ1v) is 11.6. The quantitative estimate of drug-likeness (QED) is 0.809. The summed E-state index contributed by atoms with van der Waals surface area (Å²) in [4.78, 5) is 19.0. The van der Waals surface area contributed by atoms with E-state index in [1.54, 1.807) is 0 Å². The van der Waals surface area contributed by atoms with Crippen molar-refractivity contribution < 1.29 is 0 Å². The van der Waals surface area contributed by atoms with Crippen LogP contribution in [0.15, 0.2) is 34.1 Å². The van der Waals surface area contributed by atoms with E-state index in [-0.39, 0.29) is 4.87 Å². The monoisotopic (exact) mass is 386 g/mol. The third-order valence-corrected chi connectivity index (χ3v) is 9.47. The van der Waals surface area contributed by atoms with Gasteiger partial charge in [-0.15, -0.1) is 11.8 Å². The van der Waals surface area contributed by atoms with Crippen molar-refractivity contribution in [2.24, 2.45) is 17.8 Å². The molecule has 5 atom stereocenters. The number of aromatic nitrogens is 1. The number of nitrogens with one attached hydrogen (secondary N) is 1. The van der Waals surface area contributed by atoms with E-state index in [4.69, 9.17) is 0 Å². The fourth-order valence-electron chi connectivity index (χ4n) is 5.70. The number of anilines is 1. The number of benzene rings is 1. The van der Waals surface area contributed by atoms with Crippen LogP contribution in [0.2, 0.25) is 0 Å². The SMILES string of the molecule is CCN(CC)c1ccc([C@H]2c3sc(=O)[nH]c3S[C@H]3[C@@H]4CC[C@H](C4)[C@H]23)cc1. The molecule has 3 aliphatic rings. The van der Waals surface area contributed by atoms with Crippen LogP contribution in [0.25, 0.3) is 0 Å². The number of hydrogen-bond acceptors (Lipinski definition) is 4. The predicted molar refractivity (Wildman–Crippen MR) is 111 cm³/mol. The average Bonchev–Trinajstić information content (AvgIpc) is 3.35. The van der Waals surface area contributed by atoms with E-state index in [9.17, 15) is 4.79 Å². The zero-order valence-corrected chi connectivity index (χ0v) is 17.0. The second kappa shape index (κ2) is 6.45. The molecule has 0 amide bonds. The zero-order chi connectivity index (χ0) is 17.8. The van der Waals surface area contributed by atoms with Crippen LogP contribution in [0.5, 0.6) is 0 Å². The normalized spacial score (nSPS) is 31.7. The highest BCUT2D eigenvalue weighted by Crippen LogP contribution is 2.63. The second-order valence-corrected chi connectivity index (χ2v) is 10.1. The lowest BCUT2D eigenvalue weighted by Gasteiger charge is -2.40. The van der Waals surface area contributed by atoms with E-state index < -0.39 is 0 Å². The molecule has 2 heterocycles. The molecule has 5 rings (SSSR count). The van der Waals surface area contributed by atoms with E-state index in [1.807, 2.05) is 11.8 Å². The van der Waals surface area contributed by atoms with Gasteiger partial charge in [-0.2, -0.15) is 0 Å². The minimum atomic E-state index is 0.111. The van der Waals surface area contributed by atoms with E-state index in [1.165, 1.54) is 46.7 Å². The third-order valence-electron chi connectivity index (χ3n) is 6.85. The summed E-state index contributed by atoms with van der Waals surface area (Å²) in [5.41, 5.74) is 2.70. The van der Waals surface area contributed by atoms with E-state index in [0.29, 0.717) is 17.1 Å². The Morgan fingerprint density at radius 1 is 1.12 bits per heavy atom. The molecule has 2 saturated carbocycles. The summed E-state index contributed by atoms with van der Waals surface area (Å²) in [7, 11) is 0. The molecule has 26 heavy (non-hydrogen) atoms. The molecule has 0 radical (unpaired) electrons. The molecule has 0 saturated heterocycles. The first-order valence-electron chi connectivity index (χ1n) is 9.94. The van der Waals surface area contributed by atoms with Gasteiger partial charge in [-0.3, -0.25) is 4.79 Å². The van der Waals surface area contributed by atoms with Crippen molar-refractivity contribution in [1.29, 1.82) is 0 Å². The first kappa shape index (κ1) is 16.9. The molecule has 5 heteroatoms. The Bertz CT molecular complexity index is 852. The van der Waals surface area contributed by atoms with Gasteiger partial charge in [0, 0.05) is 34.8 Å². The summed E-state index contributed by atoms with van der Waals surface area (Å²) in [6, 6.07) is 9.21. The fourth-order valence-corrected chi connectivity index (χ4v) is 8.60. The Morgan fingerprint density at radius 2 is 1.85 bits per heavy atom. The standard InChI is InChI=1S/C21H26N2OS2/c1-3-23(4-2)15-9-7-12(8-10-15)16-17-13-5-6-14(11-13)18(17)25-20-19(16)26-21(24)22-20/h7-10,13-14,16-18H,3-6,11H2,1-2H3,(H,22,24)/t13-,14-,16-,17-,18+/m1/s1. The lowest BCUT2D eigenvalue weighted by Crippen LogP contribution is -2.33. The maximum absolute atomic E-state index is 12.1. The fraction of sp³-hybridized carbons (Fsp3) is 0.571. The Balaban J connectivity index is 1.56. The number of rotatable bonds is 4. The highest BCUT2D eigenvalue weighted by atomic mass is 32.2. The lowest BCUT2D eigenvalue weighted by atomic mass is 9.75. The first-order chi connectivity index (χ1) is 12.7. The maximum atomic E-state index is 12.1. The molecule has 2 aliphatic carbocycles. The highest BCUT2D eigenvalue weighted by molar-refractivity contribution is 8.00. The summed E-state index contributed by atoms with van der Waals surface area (Å²) < 4.78 is 0. The van der Waals surface area contributed by atoms with Crippen molar-refractivity contribution in [3.05, 3.63) is 44.4 Å². The van der Waals surface area contributed by atoms with Gasteiger partial charge in [0.05, 0.1) is 5.03 Å². The largest absolute Gasteiger partial charge is 0.372 e. The Kier molecular flexibility index (Phi) is 4.20. The van der Waals surface area contributed by atoms with Crippen molar-refractivity contribution in [1.82, 2.24) is 4.98 Å². The van der Waals surface area contributed by atoms with Crippen molar-refractivity contribution >= 4 is 28.8 Å². The van der Waals surface area contributed by atoms with Crippen LogP contribution in [0.3, 0.4) is 0 Å². The van der Waals surface area contributed by atoms with Crippen LogP contribution in [-0.4, -0.2) is 23.3 Å². The Morgan fingerprint density at radius 3 is 2.58 bits per heavy atom. The van der Waals surface area contributed by atoms with Crippen molar-refractivity contribution in [2.45, 2.75) is 49.3 Å². The Hall–Kier alpha value is -1.20. The Labute approximate surface area is 163 Å². The number of nitrogens with zero attached hydrogens (tertiary/aromatic N) is 1. The minimum Gasteiger partial charge on any atom is -0.372 e. The van der Waals surface area contributed by atoms with Crippen LogP contribution in [0, 0.1) is 17.8 Å². The predicted octanol–water partition coefficient (Wildman–Crippen LogP) is 4.93. The summed E-state index contributed by atoms with van der Waals surface area (Å²) in [6.45, 7) is 6.49. The lowest BCUT2D eigenvalue weighted by molar-refractivity contribution is 0.307.